The van der Waals surface area contributed by atoms with Crippen LogP contribution in [0.25, 0.3) is 0 Å². The van der Waals surface area contributed by atoms with Gasteiger partial charge in [-0.25, -0.2) is 0 Å². The number of hydrogen-bond acceptors (Lipinski definition) is 6. The number of nitrogens with one attached hydrogen (secondary N) is 2. The molecule has 0 saturated carbocycles. The summed E-state index contributed by atoms with van der Waals surface area (Å²) in [6.07, 6.45) is -1.06. The Morgan fingerprint density at radius 1 is 1.07 bits per heavy atom. The number of benzene rings is 2. The number of para-hydroxylation sites is 2. The Labute approximate surface area is 172 Å². The van der Waals surface area contributed by atoms with Gasteiger partial charge in [-0.3, -0.25) is 34.9 Å². The first-order valence-corrected chi connectivity index (χ1v) is 9.32. The lowest BCUT2D eigenvalue weighted by Crippen LogP contribution is -2.47. The molecule has 3 rings (SSSR count). The molecule has 1 heterocycles. The SMILES string of the molecule is C[C@H](OC(=O)CN1C(=O)CCOc2ccccc21)C(=O)NNC(=O)c1ccccc1. The summed E-state index contributed by atoms with van der Waals surface area (Å²) in [5, 5.41) is 0. The number of fused-ring (bicyclic) bond motifs is 1. The summed E-state index contributed by atoms with van der Waals surface area (Å²) >= 11 is 0. The maximum atomic E-state index is 12.4. The highest BCUT2D eigenvalue weighted by Gasteiger charge is 2.27. The number of ether oxygens (including phenoxy) is 2. The molecule has 2 N–H and O–H groups in total. The molecule has 0 aromatic heterocycles. The highest BCUT2D eigenvalue weighted by Crippen LogP contribution is 2.30. The van der Waals surface area contributed by atoms with Crippen molar-refractivity contribution in [1.29, 1.82) is 0 Å². The normalized spacial score (nSPS) is 13.9. The molecule has 9 nitrogen and oxygen atoms in total. The monoisotopic (exact) mass is 411 g/mol. The van der Waals surface area contributed by atoms with E-state index in [4.69, 9.17) is 9.47 Å². The third kappa shape index (κ3) is 5.13. The molecule has 2 aromatic rings. The number of amides is 3. The minimum atomic E-state index is -1.18. The van der Waals surface area contributed by atoms with Crippen molar-refractivity contribution in [3.05, 3.63) is 60.2 Å². The quantitative estimate of drug-likeness (QED) is 0.564. The number of rotatable bonds is 5. The average molecular weight is 411 g/mol. The molecular formula is C21H21N3O6. The third-order valence-electron chi connectivity index (χ3n) is 4.33. The van der Waals surface area contributed by atoms with Gasteiger partial charge in [-0.2, -0.15) is 0 Å². The van der Waals surface area contributed by atoms with Gasteiger partial charge in [0.2, 0.25) is 5.91 Å². The Kier molecular flexibility index (Phi) is 6.63. The van der Waals surface area contributed by atoms with Crippen LogP contribution < -0.4 is 20.5 Å². The second-order valence-corrected chi connectivity index (χ2v) is 6.49. The number of hydrogen-bond donors (Lipinski definition) is 2. The molecule has 0 radical (unpaired) electrons. The second kappa shape index (κ2) is 9.55. The van der Waals surface area contributed by atoms with Gasteiger partial charge >= 0.3 is 5.97 Å². The Bertz CT molecular complexity index is 947. The van der Waals surface area contributed by atoms with Crippen LogP contribution in [0.5, 0.6) is 5.75 Å². The zero-order chi connectivity index (χ0) is 21.5. The van der Waals surface area contributed by atoms with Crippen molar-refractivity contribution in [2.24, 2.45) is 0 Å². The van der Waals surface area contributed by atoms with Gasteiger partial charge in [-0.15, -0.1) is 0 Å². The minimum absolute atomic E-state index is 0.115. The molecule has 0 saturated heterocycles. The Balaban J connectivity index is 1.54. The van der Waals surface area contributed by atoms with Crippen LogP contribution in [-0.4, -0.2) is 42.9 Å². The highest BCUT2D eigenvalue weighted by molar-refractivity contribution is 6.00. The van der Waals surface area contributed by atoms with Gasteiger partial charge in [0.25, 0.3) is 11.8 Å². The number of esters is 1. The van der Waals surface area contributed by atoms with Gasteiger partial charge in [0.05, 0.1) is 18.7 Å². The van der Waals surface area contributed by atoms with E-state index in [1.54, 1.807) is 54.6 Å². The molecule has 3 amide bonds. The van der Waals surface area contributed by atoms with E-state index < -0.39 is 23.9 Å². The largest absolute Gasteiger partial charge is 0.491 e. The molecule has 0 unspecified atom stereocenters. The van der Waals surface area contributed by atoms with Gasteiger partial charge in [-0.1, -0.05) is 30.3 Å². The summed E-state index contributed by atoms with van der Waals surface area (Å²) in [6.45, 7) is 1.21. The Hall–Kier alpha value is -3.88. The van der Waals surface area contributed by atoms with E-state index >= 15 is 0 Å². The maximum absolute atomic E-state index is 12.4. The first kappa shape index (κ1) is 20.8. The summed E-state index contributed by atoms with van der Waals surface area (Å²) in [6, 6.07) is 15.2. The molecule has 9 heteroatoms. The fraction of sp³-hybridized carbons (Fsp3) is 0.238. The van der Waals surface area contributed by atoms with Crippen molar-refractivity contribution in [3.63, 3.8) is 0 Å². The van der Waals surface area contributed by atoms with Crippen molar-refractivity contribution >= 4 is 29.4 Å². The number of nitrogens with zero attached hydrogens (tertiary/aromatic N) is 1. The van der Waals surface area contributed by atoms with Gasteiger partial charge in [0.1, 0.15) is 12.3 Å². The van der Waals surface area contributed by atoms with E-state index in [9.17, 15) is 19.2 Å². The van der Waals surface area contributed by atoms with Crippen LogP contribution in [0.2, 0.25) is 0 Å². The first-order valence-electron chi connectivity index (χ1n) is 9.32. The molecule has 0 aliphatic carbocycles. The maximum Gasteiger partial charge on any atom is 0.326 e. The molecule has 1 aliphatic rings. The topological polar surface area (TPSA) is 114 Å². The van der Waals surface area contributed by atoms with Crippen molar-refractivity contribution in [2.75, 3.05) is 18.1 Å². The fourth-order valence-corrected chi connectivity index (χ4v) is 2.79. The predicted molar refractivity (Wildman–Crippen MR) is 107 cm³/mol. The fourth-order valence-electron chi connectivity index (χ4n) is 2.79. The lowest BCUT2D eigenvalue weighted by atomic mass is 10.2. The molecule has 30 heavy (non-hydrogen) atoms. The number of carbonyl (C=O) groups excluding carboxylic acids is 4. The lowest BCUT2D eigenvalue weighted by molar-refractivity contribution is -0.154. The van der Waals surface area contributed by atoms with E-state index in [0.717, 1.165) is 0 Å². The summed E-state index contributed by atoms with van der Waals surface area (Å²) in [7, 11) is 0. The molecular weight excluding hydrogens is 390 g/mol. The summed E-state index contributed by atoms with van der Waals surface area (Å²) < 4.78 is 10.6. The molecule has 156 valence electrons. The third-order valence-corrected chi connectivity index (χ3v) is 4.33. The highest BCUT2D eigenvalue weighted by atomic mass is 16.5. The molecule has 1 atom stereocenters. The lowest BCUT2D eigenvalue weighted by Gasteiger charge is -2.22. The average Bonchev–Trinajstić information content (AvgIpc) is 2.91. The first-order chi connectivity index (χ1) is 14.5. The van der Waals surface area contributed by atoms with Crippen LogP contribution >= 0.6 is 0 Å². The number of hydrazine groups is 1. The van der Waals surface area contributed by atoms with Crippen LogP contribution in [0.4, 0.5) is 5.69 Å². The van der Waals surface area contributed by atoms with Crippen molar-refractivity contribution in [1.82, 2.24) is 10.9 Å². The van der Waals surface area contributed by atoms with E-state index in [1.165, 1.54) is 11.8 Å². The molecule has 2 aromatic carbocycles. The van der Waals surface area contributed by atoms with Crippen LogP contribution in [0.1, 0.15) is 23.7 Å². The van der Waals surface area contributed by atoms with E-state index in [0.29, 0.717) is 17.0 Å². The summed E-state index contributed by atoms with van der Waals surface area (Å²) in [4.78, 5) is 50.0. The Morgan fingerprint density at radius 2 is 1.77 bits per heavy atom. The van der Waals surface area contributed by atoms with Gasteiger partial charge in [-0.05, 0) is 31.2 Å². The Morgan fingerprint density at radius 3 is 2.53 bits per heavy atom. The number of anilines is 1. The van der Waals surface area contributed by atoms with E-state index in [-0.39, 0.29) is 25.5 Å². The van der Waals surface area contributed by atoms with Crippen LogP contribution in [0.15, 0.2) is 54.6 Å². The molecule has 0 bridgehead atoms. The smallest absolute Gasteiger partial charge is 0.326 e. The predicted octanol–water partition coefficient (Wildman–Crippen LogP) is 1.20. The zero-order valence-corrected chi connectivity index (χ0v) is 16.3. The van der Waals surface area contributed by atoms with Crippen molar-refractivity contribution in [3.8, 4) is 5.75 Å². The van der Waals surface area contributed by atoms with Crippen LogP contribution in [0.3, 0.4) is 0 Å². The van der Waals surface area contributed by atoms with Crippen molar-refractivity contribution < 1.29 is 28.7 Å². The number of carbonyl (C=O) groups is 4. The van der Waals surface area contributed by atoms with Crippen LogP contribution in [0, 0.1) is 0 Å². The van der Waals surface area contributed by atoms with Gasteiger partial charge < -0.3 is 9.47 Å². The van der Waals surface area contributed by atoms with E-state index in [2.05, 4.69) is 10.9 Å². The molecule has 0 spiro atoms. The summed E-state index contributed by atoms with van der Waals surface area (Å²) in [5.41, 5.74) is 5.29. The second-order valence-electron chi connectivity index (χ2n) is 6.49. The zero-order valence-electron chi connectivity index (χ0n) is 16.3. The minimum Gasteiger partial charge on any atom is -0.491 e. The molecule has 0 fully saturated rings. The van der Waals surface area contributed by atoms with Crippen molar-refractivity contribution in [2.45, 2.75) is 19.4 Å². The van der Waals surface area contributed by atoms with E-state index in [1.807, 2.05) is 0 Å². The summed E-state index contributed by atoms with van der Waals surface area (Å²) in [5.74, 6) is -1.78. The molecule has 1 aliphatic heterocycles. The standard InChI is InChI=1S/C21H21N3O6/c1-14(20(27)22-23-21(28)15-7-3-2-4-8-15)30-19(26)13-24-16-9-5-6-10-17(16)29-12-11-18(24)25/h2-10,14H,11-13H2,1H3,(H,22,27)(H,23,28)/t14-/m0/s1. The van der Waals surface area contributed by atoms with Gasteiger partial charge in [0, 0.05) is 5.56 Å². The van der Waals surface area contributed by atoms with Gasteiger partial charge in [0.15, 0.2) is 6.10 Å². The van der Waals surface area contributed by atoms with Crippen LogP contribution in [-0.2, 0) is 19.1 Å².